The van der Waals surface area contributed by atoms with Crippen molar-refractivity contribution >= 4 is 28.2 Å². The molecule has 0 aromatic carbocycles. The van der Waals surface area contributed by atoms with Crippen molar-refractivity contribution in [2.75, 3.05) is 12.4 Å². The minimum absolute atomic E-state index is 0.0252. The van der Waals surface area contributed by atoms with Crippen LogP contribution in [0.15, 0.2) is 34.9 Å². The van der Waals surface area contributed by atoms with Crippen LogP contribution in [0.2, 0.25) is 0 Å². The number of thiophene rings is 1. The molecule has 2 atom stereocenters. The molecule has 2 unspecified atom stereocenters. The maximum absolute atomic E-state index is 12.7. The van der Waals surface area contributed by atoms with E-state index in [1.54, 1.807) is 24.3 Å². The lowest BCUT2D eigenvalue weighted by atomic mass is 9.85. The monoisotopic (exact) mass is 346 g/mol. The Labute approximate surface area is 145 Å². The molecule has 0 radical (unpaired) electrons. The Morgan fingerprint density at radius 3 is 2.75 bits per heavy atom. The summed E-state index contributed by atoms with van der Waals surface area (Å²) < 4.78 is 5.07. The minimum atomic E-state index is -0.310. The molecule has 128 valence electrons. The van der Waals surface area contributed by atoms with Crippen LogP contribution in [0.1, 0.15) is 52.8 Å². The summed E-state index contributed by atoms with van der Waals surface area (Å²) >= 11 is 1.30. The molecule has 24 heavy (non-hydrogen) atoms. The molecule has 0 aliphatic heterocycles. The maximum atomic E-state index is 12.7. The van der Waals surface area contributed by atoms with E-state index in [4.69, 9.17) is 4.42 Å². The molecular formula is C18H22N2O3S. The number of hydrogen-bond donors (Lipinski definition) is 1. The lowest BCUT2D eigenvalue weighted by Gasteiger charge is -2.36. The van der Waals surface area contributed by atoms with Crippen molar-refractivity contribution in [2.45, 2.75) is 38.6 Å². The third kappa shape index (κ3) is 3.53. The molecule has 0 saturated heterocycles. The number of carbonyl (C=O) groups excluding carboxylic acids is 2. The second kappa shape index (κ2) is 7.21. The molecule has 2 aromatic heterocycles. The van der Waals surface area contributed by atoms with Crippen LogP contribution in [0.3, 0.4) is 0 Å². The van der Waals surface area contributed by atoms with Gasteiger partial charge in [-0.05, 0) is 43.0 Å². The van der Waals surface area contributed by atoms with Gasteiger partial charge in [-0.3, -0.25) is 9.59 Å². The topological polar surface area (TPSA) is 62.6 Å². The summed E-state index contributed by atoms with van der Waals surface area (Å²) in [5.74, 6) is 0.502. The summed E-state index contributed by atoms with van der Waals surface area (Å²) in [6, 6.07) is 7.10. The molecule has 5 nitrogen and oxygen atoms in total. The number of anilines is 1. The van der Waals surface area contributed by atoms with Crippen LogP contribution >= 0.6 is 11.3 Å². The van der Waals surface area contributed by atoms with Gasteiger partial charge < -0.3 is 14.6 Å². The van der Waals surface area contributed by atoms with Crippen molar-refractivity contribution in [2.24, 2.45) is 5.92 Å². The van der Waals surface area contributed by atoms with Gasteiger partial charge in [-0.1, -0.05) is 19.8 Å². The highest BCUT2D eigenvalue weighted by molar-refractivity contribution is 7.18. The summed E-state index contributed by atoms with van der Waals surface area (Å²) in [7, 11) is 1.88. The van der Waals surface area contributed by atoms with Gasteiger partial charge in [-0.2, -0.15) is 0 Å². The molecule has 1 N–H and O–H groups in total. The summed E-state index contributed by atoms with van der Waals surface area (Å²) in [4.78, 5) is 27.2. The van der Waals surface area contributed by atoms with Crippen LogP contribution in [0.5, 0.6) is 0 Å². The smallest absolute Gasteiger partial charge is 0.291 e. The highest BCUT2D eigenvalue weighted by Crippen LogP contribution is 2.30. The third-order valence-corrected chi connectivity index (χ3v) is 5.67. The van der Waals surface area contributed by atoms with E-state index in [-0.39, 0.29) is 17.6 Å². The fourth-order valence-corrected chi connectivity index (χ4v) is 4.18. The lowest BCUT2D eigenvalue weighted by Crippen LogP contribution is -2.42. The van der Waals surface area contributed by atoms with Crippen LogP contribution in [0, 0.1) is 5.92 Å². The Hall–Kier alpha value is -2.08. The van der Waals surface area contributed by atoms with Gasteiger partial charge in [0.25, 0.3) is 11.8 Å². The number of nitrogens with zero attached hydrogens (tertiary/aromatic N) is 1. The van der Waals surface area contributed by atoms with E-state index in [0.717, 1.165) is 6.42 Å². The van der Waals surface area contributed by atoms with Crippen molar-refractivity contribution < 1.29 is 14.0 Å². The van der Waals surface area contributed by atoms with E-state index in [9.17, 15) is 9.59 Å². The van der Waals surface area contributed by atoms with Crippen LogP contribution in [-0.4, -0.2) is 29.8 Å². The fraction of sp³-hybridized carbons (Fsp3) is 0.444. The summed E-state index contributed by atoms with van der Waals surface area (Å²) in [6.45, 7) is 2.22. The van der Waals surface area contributed by atoms with Gasteiger partial charge in [0.2, 0.25) is 0 Å². The van der Waals surface area contributed by atoms with E-state index < -0.39 is 0 Å². The third-order valence-electron chi connectivity index (χ3n) is 4.68. The zero-order valence-corrected chi connectivity index (χ0v) is 14.8. The fourth-order valence-electron chi connectivity index (χ4n) is 3.30. The van der Waals surface area contributed by atoms with Gasteiger partial charge in [0.1, 0.15) is 0 Å². The molecule has 3 rings (SSSR count). The number of rotatable bonds is 4. The minimum Gasteiger partial charge on any atom is -0.459 e. The van der Waals surface area contributed by atoms with E-state index in [1.807, 2.05) is 11.9 Å². The maximum Gasteiger partial charge on any atom is 0.291 e. The quantitative estimate of drug-likeness (QED) is 0.900. The van der Waals surface area contributed by atoms with Crippen molar-refractivity contribution in [3.05, 3.63) is 41.2 Å². The second-order valence-corrected chi connectivity index (χ2v) is 7.42. The van der Waals surface area contributed by atoms with Gasteiger partial charge in [-0.25, -0.2) is 0 Å². The van der Waals surface area contributed by atoms with Gasteiger partial charge in [0.15, 0.2) is 5.76 Å². The van der Waals surface area contributed by atoms with Gasteiger partial charge in [0.05, 0.1) is 16.1 Å². The Morgan fingerprint density at radius 2 is 2.04 bits per heavy atom. The van der Waals surface area contributed by atoms with Crippen LogP contribution in [-0.2, 0) is 0 Å². The van der Waals surface area contributed by atoms with Crippen LogP contribution in [0.25, 0.3) is 0 Å². The summed E-state index contributed by atoms with van der Waals surface area (Å²) in [5, 5.41) is 3.41. The Bertz CT molecular complexity index is 708. The number of nitrogens with one attached hydrogen (secondary N) is 1. The van der Waals surface area contributed by atoms with E-state index >= 15 is 0 Å². The average Bonchev–Trinajstić information content (AvgIpc) is 3.25. The highest BCUT2D eigenvalue weighted by atomic mass is 32.1. The zero-order chi connectivity index (χ0) is 17.1. The number of amides is 2. The van der Waals surface area contributed by atoms with Crippen molar-refractivity contribution in [3.63, 3.8) is 0 Å². The first-order chi connectivity index (χ1) is 11.6. The van der Waals surface area contributed by atoms with Crippen molar-refractivity contribution in [1.29, 1.82) is 0 Å². The summed E-state index contributed by atoms with van der Waals surface area (Å²) in [5.41, 5.74) is 0. The highest BCUT2D eigenvalue weighted by Gasteiger charge is 2.29. The molecule has 0 spiro atoms. The van der Waals surface area contributed by atoms with E-state index in [0.29, 0.717) is 21.8 Å². The molecule has 6 heteroatoms. The number of carbonyl (C=O) groups is 2. The molecule has 1 aliphatic rings. The summed E-state index contributed by atoms with van der Waals surface area (Å²) in [6.07, 6.45) is 6.13. The zero-order valence-electron chi connectivity index (χ0n) is 14.0. The molecular weight excluding hydrogens is 324 g/mol. The largest absolute Gasteiger partial charge is 0.459 e. The average molecular weight is 346 g/mol. The van der Waals surface area contributed by atoms with E-state index in [1.165, 1.54) is 36.9 Å². The Morgan fingerprint density at radius 1 is 1.25 bits per heavy atom. The van der Waals surface area contributed by atoms with Crippen LogP contribution < -0.4 is 5.32 Å². The molecule has 2 heterocycles. The standard InChI is InChI=1S/C18H22N2O3S/c1-12-6-3-4-7-13(12)20(2)18(22)15-9-10-16(24-15)19-17(21)14-8-5-11-23-14/h5,8-13H,3-4,6-7H2,1-2H3,(H,19,21). The van der Waals surface area contributed by atoms with Gasteiger partial charge in [-0.15, -0.1) is 11.3 Å². The lowest BCUT2D eigenvalue weighted by molar-refractivity contribution is 0.0633. The first-order valence-corrected chi connectivity index (χ1v) is 9.10. The van der Waals surface area contributed by atoms with Gasteiger partial charge in [0, 0.05) is 13.1 Å². The van der Waals surface area contributed by atoms with Crippen molar-refractivity contribution in [1.82, 2.24) is 4.90 Å². The number of hydrogen-bond acceptors (Lipinski definition) is 4. The van der Waals surface area contributed by atoms with Crippen LogP contribution in [0.4, 0.5) is 5.00 Å². The second-order valence-electron chi connectivity index (χ2n) is 6.34. The molecule has 0 bridgehead atoms. The Kier molecular flexibility index (Phi) is 5.04. The predicted molar refractivity (Wildman–Crippen MR) is 94.5 cm³/mol. The predicted octanol–water partition coefficient (Wildman–Crippen LogP) is 4.24. The first-order valence-electron chi connectivity index (χ1n) is 8.28. The molecule has 1 fully saturated rings. The SMILES string of the molecule is CC1CCCCC1N(C)C(=O)c1ccc(NC(=O)c2ccco2)s1. The Balaban J connectivity index is 1.66. The first kappa shape index (κ1) is 16.8. The molecule has 1 aliphatic carbocycles. The number of furan rings is 1. The molecule has 2 amide bonds. The normalized spacial score (nSPS) is 20.6. The van der Waals surface area contributed by atoms with Crippen molar-refractivity contribution in [3.8, 4) is 0 Å². The van der Waals surface area contributed by atoms with Gasteiger partial charge >= 0.3 is 0 Å². The van der Waals surface area contributed by atoms with E-state index in [2.05, 4.69) is 12.2 Å². The molecule has 1 saturated carbocycles. The molecule has 2 aromatic rings.